The van der Waals surface area contributed by atoms with Gasteiger partial charge in [-0.1, -0.05) is 52.8 Å². The largest absolute Gasteiger partial charge is 0.341 e. The zero-order valence-corrected chi connectivity index (χ0v) is 14.6. The van der Waals surface area contributed by atoms with Gasteiger partial charge in [0.15, 0.2) is 5.17 Å². The van der Waals surface area contributed by atoms with Crippen LogP contribution in [0.4, 0.5) is 0 Å². The molecule has 0 bridgehead atoms. The number of pyridine rings is 1. The normalized spacial score (nSPS) is 26.9. The first kappa shape index (κ1) is 14.3. The molecule has 5 heteroatoms. The number of thioether (sulfide) groups is 1. The number of aliphatic imine (C=N–C) groups is 1. The first-order valence-electron chi connectivity index (χ1n) is 7.40. The van der Waals surface area contributed by atoms with Gasteiger partial charge < -0.3 is 4.90 Å². The fourth-order valence-corrected chi connectivity index (χ4v) is 4.50. The molecule has 1 fully saturated rings. The highest BCUT2D eigenvalue weighted by Gasteiger charge is 2.43. The van der Waals surface area contributed by atoms with E-state index in [2.05, 4.69) is 63.1 Å². The number of aromatic nitrogens is 1. The van der Waals surface area contributed by atoms with Crippen molar-refractivity contribution in [3.8, 4) is 0 Å². The molecule has 2 aliphatic rings. The van der Waals surface area contributed by atoms with Crippen LogP contribution in [-0.4, -0.2) is 26.8 Å². The van der Waals surface area contributed by atoms with Crippen molar-refractivity contribution in [2.45, 2.75) is 24.3 Å². The van der Waals surface area contributed by atoms with Crippen molar-refractivity contribution in [2.75, 3.05) is 6.54 Å². The number of hydrogen-bond donors (Lipinski definition) is 0. The zero-order valence-electron chi connectivity index (χ0n) is 12.2. The average molecular weight is 374 g/mol. The van der Waals surface area contributed by atoms with Crippen molar-refractivity contribution in [1.82, 2.24) is 9.88 Å². The first-order valence-corrected chi connectivity index (χ1v) is 9.07. The highest BCUT2D eigenvalue weighted by molar-refractivity contribution is 9.10. The van der Waals surface area contributed by atoms with Crippen LogP contribution < -0.4 is 0 Å². The van der Waals surface area contributed by atoms with E-state index < -0.39 is 0 Å². The Morgan fingerprint density at radius 2 is 2.00 bits per heavy atom. The Hall–Kier alpha value is -1.33. The third-order valence-corrected chi connectivity index (χ3v) is 5.72. The summed E-state index contributed by atoms with van der Waals surface area (Å²) in [5.41, 5.74) is 2.35. The van der Waals surface area contributed by atoms with Gasteiger partial charge in [0.1, 0.15) is 6.04 Å². The van der Waals surface area contributed by atoms with Crippen LogP contribution in [0.2, 0.25) is 0 Å². The van der Waals surface area contributed by atoms with Crippen molar-refractivity contribution in [1.29, 1.82) is 0 Å². The van der Waals surface area contributed by atoms with Crippen LogP contribution in [0.25, 0.3) is 0 Å². The van der Waals surface area contributed by atoms with E-state index in [0.29, 0.717) is 5.25 Å². The SMILES string of the molecule is C[C@@H]1CN2C(=N[C@@H](c3ccccn3)[C@@H]2c2ccc(Br)cc2)S1. The van der Waals surface area contributed by atoms with Crippen LogP contribution >= 0.6 is 27.7 Å². The molecule has 0 saturated carbocycles. The summed E-state index contributed by atoms with van der Waals surface area (Å²) < 4.78 is 1.11. The van der Waals surface area contributed by atoms with Gasteiger partial charge in [0.25, 0.3) is 0 Å². The maximum absolute atomic E-state index is 4.98. The van der Waals surface area contributed by atoms with Gasteiger partial charge >= 0.3 is 0 Å². The van der Waals surface area contributed by atoms with Crippen molar-refractivity contribution in [2.24, 2.45) is 4.99 Å². The van der Waals surface area contributed by atoms with Crippen LogP contribution in [0.5, 0.6) is 0 Å². The Labute approximate surface area is 143 Å². The maximum atomic E-state index is 4.98. The molecule has 0 amide bonds. The molecule has 3 heterocycles. The average Bonchev–Trinajstić information content (AvgIpc) is 3.05. The minimum absolute atomic E-state index is 0.0809. The van der Waals surface area contributed by atoms with Gasteiger partial charge in [-0.15, -0.1) is 0 Å². The number of benzene rings is 1. The van der Waals surface area contributed by atoms with E-state index >= 15 is 0 Å². The van der Waals surface area contributed by atoms with Gasteiger partial charge in [0.2, 0.25) is 0 Å². The summed E-state index contributed by atoms with van der Waals surface area (Å²) in [5.74, 6) is 0. The number of amidine groups is 1. The Bertz CT molecular complexity index is 702. The Morgan fingerprint density at radius 1 is 1.18 bits per heavy atom. The molecule has 2 aromatic rings. The van der Waals surface area contributed by atoms with Gasteiger partial charge in [-0.3, -0.25) is 9.98 Å². The second kappa shape index (κ2) is 5.70. The van der Waals surface area contributed by atoms with Crippen LogP contribution in [-0.2, 0) is 0 Å². The lowest BCUT2D eigenvalue weighted by Gasteiger charge is -2.27. The number of rotatable bonds is 2. The van der Waals surface area contributed by atoms with Crippen molar-refractivity contribution in [3.05, 3.63) is 64.4 Å². The summed E-state index contributed by atoms with van der Waals surface area (Å²) in [5, 5.41) is 1.76. The van der Waals surface area contributed by atoms with E-state index in [-0.39, 0.29) is 12.1 Å². The summed E-state index contributed by atoms with van der Waals surface area (Å²) in [4.78, 5) is 12.0. The lowest BCUT2D eigenvalue weighted by molar-refractivity contribution is 0.321. The first-order chi connectivity index (χ1) is 10.7. The zero-order chi connectivity index (χ0) is 15.1. The van der Waals surface area contributed by atoms with Crippen molar-refractivity contribution in [3.63, 3.8) is 0 Å². The van der Waals surface area contributed by atoms with Crippen LogP contribution in [0, 0.1) is 0 Å². The predicted molar refractivity (Wildman–Crippen MR) is 95.1 cm³/mol. The summed E-state index contributed by atoms with van der Waals surface area (Å²) in [6.07, 6.45) is 1.85. The molecule has 0 radical (unpaired) electrons. The van der Waals surface area contributed by atoms with E-state index in [1.54, 1.807) is 0 Å². The van der Waals surface area contributed by atoms with E-state index in [1.807, 2.05) is 30.1 Å². The van der Waals surface area contributed by atoms with E-state index in [9.17, 15) is 0 Å². The van der Waals surface area contributed by atoms with E-state index in [1.165, 1.54) is 5.56 Å². The summed E-state index contributed by atoms with van der Waals surface area (Å²) in [6, 6.07) is 15.0. The number of fused-ring (bicyclic) bond motifs is 1. The molecule has 22 heavy (non-hydrogen) atoms. The fraction of sp³-hybridized carbons (Fsp3) is 0.294. The second-order valence-corrected chi connectivity index (χ2v) is 8.01. The van der Waals surface area contributed by atoms with Crippen LogP contribution in [0.3, 0.4) is 0 Å². The fourth-order valence-electron chi connectivity index (χ4n) is 3.14. The van der Waals surface area contributed by atoms with Crippen molar-refractivity contribution < 1.29 is 0 Å². The number of halogens is 1. The molecule has 1 aromatic carbocycles. The predicted octanol–water partition coefficient (Wildman–Crippen LogP) is 4.43. The molecule has 1 saturated heterocycles. The van der Waals surface area contributed by atoms with Gasteiger partial charge in [0, 0.05) is 22.5 Å². The lowest BCUT2D eigenvalue weighted by Crippen LogP contribution is -2.28. The minimum atomic E-state index is 0.0809. The Balaban J connectivity index is 1.76. The molecule has 0 spiro atoms. The third-order valence-electron chi connectivity index (χ3n) is 4.09. The van der Waals surface area contributed by atoms with E-state index in [0.717, 1.165) is 21.9 Å². The molecule has 2 aliphatic heterocycles. The highest BCUT2D eigenvalue weighted by Crippen LogP contribution is 2.47. The molecular weight excluding hydrogens is 358 g/mol. The second-order valence-electron chi connectivity index (χ2n) is 5.69. The molecule has 112 valence electrons. The quantitative estimate of drug-likeness (QED) is 0.779. The monoisotopic (exact) mass is 373 g/mol. The molecule has 0 aliphatic carbocycles. The standard InChI is InChI=1S/C17H16BrN3S/c1-11-10-21-16(12-5-7-13(18)8-6-12)15(20-17(21)22-11)14-4-2-3-9-19-14/h2-9,11,15-16H,10H2,1H3/t11-,15+,16+/m1/s1. The Kier molecular flexibility index (Phi) is 3.70. The molecule has 0 N–H and O–H groups in total. The molecule has 4 rings (SSSR count). The Morgan fingerprint density at radius 3 is 2.73 bits per heavy atom. The third kappa shape index (κ3) is 2.46. The van der Waals surface area contributed by atoms with Gasteiger partial charge in [-0.25, -0.2) is 0 Å². The van der Waals surface area contributed by atoms with Crippen LogP contribution in [0.1, 0.15) is 30.3 Å². The summed E-state index contributed by atoms with van der Waals surface area (Å²) >= 11 is 5.40. The summed E-state index contributed by atoms with van der Waals surface area (Å²) in [7, 11) is 0. The van der Waals surface area contributed by atoms with Crippen molar-refractivity contribution >= 4 is 32.9 Å². The topological polar surface area (TPSA) is 28.5 Å². The molecule has 0 unspecified atom stereocenters. The molecule has 3 atom stereocenters. The number of nitrogens with zero attached hydrogens (tertiary/aromatic N) is 3. The smallest absolute Gasteiger partial charge is 0.160 e. The molecule has 1 aromatic heterocycles. The summed E-state index contributed by atoms with van der Waals surface area (Å²) in [6.45, 7) is 3.31. The van der Waals surface area contributed by atoms with E-state index in [4.69, 9.17) is 4.99 Å². The van der Waals surface area contributed by atoms with Gasteiger partial charge in [-0.05, 0) is 29.8 Å². The van der Waals surface area contributed by atoms with Crippen LogP contribution in [0.15, 0.2) is 58.1 Å². The molecular formula is C17H16BrN3S. The maximum Gasteiger partial charge on any atom is 0.160 e. The van der Waals surface area contributed by atoms with Gasteiger partial charge in [-0.2, -0.15) is 0 Å². The molecule has 3 nitrogen and oxygen atoms in total. The highest BCUT2D eigenvalue weighted by atomic mass is 79.9. The van der Waals surface area contributed by atoms with Gasteiger partial charge in [0.05, 0.1) is 11.7 Å². The number of hydrogen-bond acceptors (Lipinski definition) is 4. The lowest BCUT2D eigenvalue weighted by atomic mass is 9.96. The minimum Gasteiger partial charge on any atom is -0.341 e.